The van der Waals surface area contributed by atoms with E-state index in [4.69, 9.17) is 5.73 Å². The fourth-order valence-corrected chi connectivity index (χ4v) is 3.05. The molecule has 0 saturated carbocycles. The molecule has 3 N–H and O–H groups in total. The summed E-state index contributed by atoms with van der Waals surface area (Å²) in [7, 11) is 0. The molecule has 76 valence electrons. The number of thioether (sulfide) groups is 1. The standard InChI is InChI=1S/C11H15NOS/c12-10-3-1-9(2-4-10)7-11(13)5-6-14-8-11/h1-4,13H,5-8,12H2. The van der Waals surface area contributed by atoms with Crippen molar-refractivity contribution in [2.75, 3.05) is 17.2 Å². The van der Waals surface area contributed by atoms with Gasteiger partial charge in [0.25, 0.3) is 0 Å². The average Bonchev–Trinajstić information content (AvgIpc) is 2.57. The SMILES string of the molecule is Nc1ccc(CC2(O)CCSC2)cc1. The number of aliphatic hydroxyl groups is 1. The van der Waals surface area contributed by atoms with Crippen LogP contribution < -0.4 is 5.73 Å². The Morgan fingerprint density at radius 3 is 2.64 bits per heavy atom. The lowest BCUT2D eigenvalue weighted by molar-refractivity contribution is 0.0686. The van der Waals surface area contributed by atoms with Crippen molar-refractivity contribution in [2.24, 2.45) is 0 Å². The molecule has 0 radical (unpaired) electrons. The first-order valence-corrected chi connectivity index (χ1v) is 5.98. The lowest BCUT2D eigenvalue weighted by atomic mass is 9.94. The van der Waals surface area contributed by atoms with Gasteiger partial charge in [-0.15, -0.1) is 0 Å². The number of nitrogens with two attached hydrogens (primary N) is 1. The molecule has 1 aliphatic rings. The topological polar surface area (TPSA) is 46.2 Å². The molecule has 1 aromatic rings. The second-order valence-corrected chi connectivity index (χ2v) is 5.05. The molecule has 1 unspecified atom stereocenters. The molecule has 3 heteroatoms. The molecule has 0 aliphatic carbocycles. The van der Waals surface area contributed by atoms with E-state index in [1.807, 2.05) is 36.0 Å². The molecule has 1 aromatic carbocycles. The normalized spacial score (nSPS) is 26.6. The summed E-state index contributed by atoms with van der Waals surface area (Å²) in [5.74, 6) is 1.93. The van der Waals surface area contributed by atoms with E-state index >= 15 is 0 Å². The van der Waals surface area contributed by atoms with E-state index in [9.17, 15) is 5.11 Å². The maximum absolute atomic E-state index is 10.2. The summed E-state index contributed by atoms with van der Waals surface area (Å²) < 4.78 is 0. The van der Waals surface area contributed by atoms with Crippen molar-refractivity contribution in [3.8, 4) is 0 Å². The summed E-state index contributed by atoms with van der Waals surface area (Å²) in [5.41, 5.74) is 7.07. The van der Waals surface area contributed by atoms with E-state index in [-0.39, 0.29) is 0 Å². The fourth-order valence-electron chi connectivity index (χ4n) is 1.75. The van der Waals surface area contributed by atoms with Crippen LogP contribution in [0.2, 0.25) is 0 Å². The van der Waals surface area contributed by atoms with Gasteiger partial charge in [0, 0.05) is 17.9 Å². The Kier molecular flexibility index (Phi) is 2.70. The summed E-state index contributed by atoms with van der Waals surface area (Å²) >= 11 is 1.83. The predicted octanol–water partition coefficient (Wildman–Crippen LogP) is 1.68. The minimum absolute atomic E-state index is 0.485. The molecule has 0 bridgehead atoms. The minimum atomic E-state index is -0.485. The first-order chi connectivity index (χ1) is 6.68. The van der Waals surface area contributed by atoms with Crippen LogP contribution in [0.15, 0.2) is 24.3 Å². The Morgan fingerprint density at radius 1 is 1.36 bits per heavy atom. The summed E-state index contributed by atoms with van der Waals surface area (Å²) in [4.78, 5) is 0. The Bertz CT molecular complexity index is 304. The van der Waals surface area contributed by atoms with E-state index in [0.717, 1.165) is 30.0 Å². The molecule has 0 aromatic heterocycles. The van der Waals surface area contributed by atoms with Crippen LogP contribution in [0.3, 0.4) is 0 Å². The number of hydrogen-bond donors (Lipinski definition) is 2. The molecule has 1 fully saturated rings. The third-order valence-corrected chi connectivity index (χ3v) is 3.83. The summed E-state index contributed by atoms with van der Waals surface area (Å²) in [5, 5.41) is 10.2. The van der Waals surface area contributed by atoms with Gasteiger partial charge in [-0.2, -0.15) is 11.8 Å². The van der Waals surface area contributed by atoms with Crippen LogP contribution in [-0.4, -0.2) is 22.2 Å². The average molecular weight is 209 g/mol. The molecule has 1 heterocycles. The van der Waals surface area contributed by atoms with Crippen molar-refractivity contribution in [1.82, 2.24) is 0 Å². The van der Waals surface area contributed by atoms with Gasteiger partial charge in [-0.3, -0.25) is 0 Å². The second kappa shape index (κ2) is 3.83. The summed E-state index contributed by atoms with van der Waals surface area (Å²) in [6.07, 6.45) is 1.66. The van der Waals surface area contributed by atoms with Crippen molar-refractivity contribution in [1.29, 1.82) is 0 Å². The number of nitrogen functional groups attached to an aromatic ring is 1. The van der Waals surface area contributed by atoms with Gasteiger partial charge in [-0.25, -0.2) is 0 Å². The zero-order chi connectivity index (χ0) is 10.0. The maximum atomic E-state index is 10.2. The highest BCUT2D eigenvalue weighted by Crippen LogP contribution is 2.30. The van der Waals surface area contributed by atoms with E-state index in [1.165, 1.54) is 5.56 Å². The van der Waals surface area contributed by atoms with Crippen molar-refractivity contribution in [3.63, 3.8) is 0 Å². The van der Waals surface area contributed by atoms with Gasteiger partial charge in [-0.05, 0) is 29.9 Å². The number of hydrogen-bond acceptors (Lipinski definition) is 3. The first kappa shape index (κ1) is 9.87. The highest BCUT2D eigenvalue weighted by atomic mass is 32.2. The van der Waals surface area contributed by atoms with Crippen molar-refractivity contribution < 1.29 is 5.11 Å². The van der Waals surface area contributed by atoms with Gasteiger partial charge in [0.05, 0.1) is 5.60 Å². The predicted molar refractivity (Wildman–Crippen MR) is 61.5 cm³/mol. The highest BCUT2D eigenvalue weighted by Gasteiger charge is 2.31. The van der Waals surface area contributed by atoms with Gasteiger partial charge < -0.3 is 10.8 Å². The maximum Gasteiger partial charge on any atom is 0.0785 e. The quantitative estimate of drug-likeness (QED) is 0.728. The zero-order valence-electron chi connectivity index (χ0n) is 8.07. The summed E-state index contributed by atoms with van der Waals surface area (Å²) in [6.45, 7) is 0. The highest BCUT2D eigenvalue weighted by molar-refractivity contribution is 7.99. The Labute approximate surface area is 88.5 Å². The monoisotopic (exact) mass is 209 g/mol. The zero-order valence-corrected chi connectivity index (χ0v) is 8.89. The van der Waals surface area contributed by atoms with Crippen molar-refractivity contribution in [2.45, 2.75) is 18.4 Å². The van der Waals surface area contributed by atoms with E-state index < -0.39 is 5.60 Å². The van der Waals surface area contributed by atoms with Crippen LogP contribution in [0.5, 0.6) is 0 Å². The molecule has 14 heavy (non-hydrogen) atoms. The van der Waals surface area contributed by atoms with Crippen LogP contribution in [0, 0.1) is 0 Å². The van der Waals surface area contributed by atoms with Gasteiger partial charge in [-0.1, -0.05) is 12.1 Å². The van der Waals surface area contributed by atoms with Crippen LogP contribution in [0.4, 0.5) is 5.69 Å². The molecule has 0 spiro atoms. The molecule has 1 aliphatic heterocycles. The Balaban J connectivity index is 2.06. The van der Waals surface area contributed by atoms with Crippen molar-refractivity contribution >= 4 is 17.4 Å². The molecule has 1 saturated heterocycles. The number of rotatable bonds is 2. The summed E-state index contributed by atoms with van der Waals surface area (Å²) in [6, 6.07) is 7.77. The van der Waals surface area contributed by atoms with E-state index in [2.05, 4.69) is 0 Å². The number of benzene rings is 1. The third kappa shape index (κ3) is 2.22. The van der Waals surface area contributed by atoms with E-state index in [1.54, 1.807) is 0 Å². The fraction of sp³-hybridized carbons (Fsp3) is 0.455. The lowest BCUT2D eigenvalue weighted by Crippen LogP contribution is -2.30. The van der Waals surface area contributed by atoms with E-state index in [0.29, 0.717) is 0 Å². The Morgan fingerprint density at radius 2 is 2.07 bits per heavy atom. The molecule has 1 atom stereocenters. The Hall–Kier alpha value is -0.670. The van der Waals surface area contributed by atoms with Gasteiger partial charge in [0.2, 0.25) is 0 Å². The molecule has 2 rings (SSSR count). The van der Waals surface area contributed by atoms with Crippen LogP contribution in [-0.2, 0) is 6.42 Å². The van der Waals surface area contributed by atoms with Crippen LogP contribution >= 0.6 is 11.8 Å². The largest absolute Gasteiger partial charge is 0.399 e. The van der Waals surface area contributed by atoms with Gasteiger partial charge in [0.15, 0.2) is 0 Å². The van der Waals surface area contributed by atoms with Crippen LogP contribution in [0.25, 0.3) is 0 Å². The third-order valence-electron chi connectivity index (χ3n) is 2.60. The molecule has 0 amide bonds. The number of anilines is 1. The molecular weight excluding hydrogens is 194 g/mol. The van der Waals surface area contributed by atoms with Gasteiger partial charge >= 0.3 is 0 Å². The van der Waals surface area contributed by atoms with Gasteiger partial charge in [0.1, 0.15) is 0 Å². The minimum Gasteiger partial charge on any atom is -0.399 e. The molecule has 2 nitrogen and oxygen atoms in total. The lowest BCUT2D eigenvalue weighted by Gasteiger charge is -2.21. The van der Waals surface area contributed by atoms with Crippen LogP contribution in [0.1, 0.15) is 12.0 Å². The van der Waals surface area contributed by atoms with Crippen molar-refractivity contribution in [3.05, 3.63) is 29.8 Å². The smallest absolute Gasteiger partial charge is 0.0785 e. The second-order valence-electron chi connectivity index (χ2n) is 3.95. The molecular formula is C11H15NOS. The first-order valence-electron chi connectivity index (χ1n) is 4.83.